The SMILES string of the molecule is CC1c2cc(c(O)c(CNC3C=CC=CC=C3)c2O)C(C)c2cc(c(O)c(CNC3C=CC=CC=C3)c2O)C(C)c2cc(c(O)c(CNC3C=CC=CC=C3)c2O)C(C)c2cc1c(O)c(CNC1C=CC=CC=C1)c2O. The van der Waals surface area contributed by atoms with Crippen LogP contribution in [0, 0.1) is 0 Å². The summed E-state index contributed by atoms with van der Waals surface area (Å²) in [7, 11) is 0. The lowest BCUT2D eigenvalue weighted by atomic mass is 9.78. The maximum atomic E-state index is 12.5. The molecule has 4 aromatic rings. The first-order valence-corrected chi connectivity index (χ1v) is 26.0. The number of fused-ring (bicyclic) bond motifs is 8. The third-order valence-corrected chi connectivity index (χ3v) is 15.4. The first-order chi connectivity index (χ1) is 36.7. The molecule has 0 saturated heterocycles. The topological polar surface area (TPSA) is 210 Å². The van der Waals surface area contributed by atoms with Crippen LogP contribution >= 0.6 is 0 Å². The van der Waals surface area contributed by atoms with E-state index in [1.807, 2.05) is 174 Å². The minimum atomic E-state index is -0.801. The number of nitrogens with one attached hydrogen (secondary N) is 4. The summed E-state index contributed by atoms with van der Waals surface area (Å²) in [4.78, 5) is 0. The molecule has 0 fully saturated rings. The van der Waals surface area contributed by atoms with Gasteiger partial charge in [-0.25, -0.2) is 0 Å². The summed E-state index contributed by atoms with van der Waals surface area (Å²) in [6.45, 7) is 7.39. The van der Waals surface area contributed by atoms with E-state index in [-0.39, 0.29) is 119 Å². The highest BCUT2D eigenvalue weighted by Gasteiger charge is 2.34. The van der Waals surface area contributed by atoms with E-state index in [4.69, 9.17) is 0 Å². The molecule has 0 amide bonds. The average molecular weight is 1020 g/mol. The molecule has 12 N–H and O–H groups in total. The zero-order chi connectivity index (χ0) is 53.6. The largest absolute Gasteiger partial charge is 0.507 e. The van der Waals surface area contributed by atoms with Crippen molar-refractivity contribution in [1.29, 1.82) is 0 Å². The Hall–Kier alpha value is -8.00. The highest BCUT2D eigenvalue weighted by Crippen LogP contribution is 2.53. The summed E-state index contributed by atoms with van der Waals surface area (Å²) >= 11 is 0. The van der Waals surface area contributed by atoms with Crippen molar-refractivity contribution in [2.75, 3.05) is 0 Å². The average Bonchev–Trinajstić information content (AvgIpc) is 4.11. The summed E-state index contributed by atoms with van der Waals surface area (Å²) in [5.41, 5.74) is 3.57. The molecule has 4 aromatic carbocycles. The second-order valence-electron chi connectivity index (χ2n) is 20.1. The molecule has 12 nitrogen and oxygen atoms in total. The minimum Gasteiger partial charge on any atom is -0.507 e. The van der Waals surface area contributed by atoms with E-state index in [2.05, 4.69) is 21.3 Å². The molecule has 76 heavy (non-hydrogen) atoms. The molecule has 0 saturated carbocycles. The third kappa shape index (κ3) is 10.9. The van der Waals surface area contributed by atoms with Gasteiger partial charge in [-0.3, -0.25) is 0 Å². The molecule has 5 aliphatic rings. The Morgan fingerprint density at radius 3 is 0.539 bits per heavy atom. The fourth-order valence-electron chi connectivity index (χ4n) is 10.7. The van der Waals surface area contributed by atoms with E-state index in [1.54, 1.807) is 24.3 Å². The second kappa shape index (κ2) is 23.3. The Labute approximate surface area is 444 Å². The third-order valence-electron chi connectivity index (χ3n) is 15.4. The van der Waals surface area contributed by atoms with Crippen LogP contribution in [0.3, 0.4) is 0 Å². The van der Waals surface area contributed by atoms with Crippen LogP contribution in [-0.4, -0.2) is 65.0 Å². The number of benzene rings is 4. The van der Waals surface area contributed by atoms with Crippen molar-refractivity contribution in [3.05, 3.63) is 237 Å². The van der Waals surface area contributed by atoms with Gasteiger partial charge in [0.15, 0.2) is 0 Å². The van der Waals surface area contributed by atoms with Crippen LogP contribution in [0.5, 0.6) is 46.0 Å². The smallest absolute Gasteiger partial charge is 0.127 e. The predicted octanol–water partition coefficient (Wildman–Crippen LogP) is 10.8. The van der Waals surface area contributed by atoms with Crippen LogP contribution in [-0.2, 0) is 26.2 Å². The molecule has 0 radical (unpaired) electrons. The Morgan fingerprint density at radius 1 is 0.250 bits per heavy atom. The lowest BCUT2D eigenvalue weighted by molar-refractivity contribution is 0.412. The number of allylic oxidation sites excluding steroid dienone is 16. The lowest BCUT2D eigenvalue weighted by Crippen LogP contribution is -2.25. The van der Waals surface area contributed by atoms with Crippen molar-refractivity contribution >= 4 is 0 Å². The standard InChI is InChI=1S/C64H68N4O8/c1-37-45-29-47(59(71)53(57(45)69)33-65-41-21-13-5-6-14-22-41)38(2)49-31-51(63(75)55(61(49)73)35-67-43-25-17-9-10-18-26-43)40(4)52-32-50(62(74)56(64(52)76)36-68-44-27-19-11-12-20-28-44)39(3)48-30-46(37)58(70)54(60(48)72)34-66-42-23-15-7-8-16-24-42/h5-32,37-44,65-76H,33-36H2,1-4H3. The van der Waals surface area contributed by atoms with E-state index in [9.17, 15) is 40.9 Å². The van der Waals surface area contributed by atoms with Gasteiger partial charge in [-0.05, 0) is 24.3 Å². The van der Waals surface area contributed by atoms with E-state index < -0.39 is 23.7 Å². The highest BCUT2D eigenvalue weighted by molar-refractivity contribution is 5.67. The van der Waals surface area contributed by atoms with E-state index in [1.165, 1.54) is 0 Å². The monoisotopic (exact) mass is 1020 g/mol. The van der Waals surface area contributed by atoms with Crippen LogP contribution in [0.2, 0.25) is 0 Å². The summed E-state index contributed by atoms with van der Waals surface area (Å²) in [5.74, 6) is -4.89. The maximum absolute atomic E-state index is 12.5. The highest BCUT2D eigenvalue weighted by atomic mass is 16.3. The summed E-state index contributed by atoms with van der Waals surface area (Å²) in [6, 6.07) is 5.76. The molecule has 0 heterocycles. The Kier molecular flexibility index (Phi) is 16.2. The first kappa shape index (κ1) is 52.8. The van der Waals surface area contributed by atoms with Crippen molar-refractivity contribution in [3.63, 3.8) is 0 Å². The van der Waals surface area contributed by atoms with Gasteiger partial charge in [0.1, 0.15) is 46.0 Å². The van der Waals surface area contributed by atoms with Crippen LogP contribution in [0.4, 0.5) is 0 Å². The summed E-state index contributed by atoms with van der Waals surface area (Å²) in [6.07, 6.45) is 46.2. The molecular weight excluding hydrogens is 953 g/mol. The van der Waals surface area contributed by atoms with Gasteiger partial charge < -0.3 is 62.1 Å². The normalized spacial score (nSPS) is 20.4. The molecule has 0 aromatic heterocycles. The van der Waals surface area contributed by atoms with Gasteiger partial charge in [0.05, 0.1) is 22.3 Å². The Bertz CT molecular complexity index is 2650. The molecule has 12 heteroatoms. The van der Waals surface area contributed by atoms with Crippen molar-refractivity contribution in [2.24, 2.45) is 0 Å². The van der Waals surface area contributed by atoms with E-state index in [0.29, 0.717) is 44.5 Å². The van der Waals surface area contributed by atoms with Crippen molar-refractivity contribution in [1.82, 2.24) is 21.3 Å². The number of rotatable bonds is 12. The van der Waals surface area contributed by atoms with Crippen LogP contribution in [0.15, 0.2) is 170 Å². The summed E-state index contributed by atoms with van der Waals surface area (Å²) in [5, 5.41) is 114. The molecule has 8 bridgehead atoms. The van der Waals surface area contributed by atoms with Gasteiger partial charge >= 0.3 is 0 Å². The molecular formula is C64H68N4O8. The van der Waals surface area contributed by atoms with Crippen molar-refractivity contribution in [2.45, 2.75) is 102 Å². The van der Waals surface area contributed by atoms with Crippen LogP contribution < -0.4 is 21.3 Å². The van der Waals surface area contributed by atoms with Crippen LogP contribution in [0.25, 0.3) is 0 Å². The van der Waals surface area contributed by atoms with Crippen molar-refractivity contribution < 1.29 is 40.9 Å². The van der Waals surface area contributed by atoms with Gasteiger partial charge in [-0.15, -0.1) is 0 Å². The molecule has 5 aliphatic carbocycles. The number of aromatic hydroxyl groups is 8. The molecule has 0 atom stereocenters. The maximum Gasteiger partial charge on any atom is 0.127 e. The van der Waals surface area contributed by atoms with Gasteiger partial charge in [0.25, 0.3) is 0 Å². The van der Waals surface area contributed by atoms with Gasteiger partial charge in [0, 0.05) is 119 Å². The minimum absolute atomic E-state index is 0.0124. The molecule has 392 valence electrons. The summed E-state index contributed by atoms with van der Waals surface area (Å²) < 4.78 is 0. The van der Waals surface area contributed by atoms with Gasteiger partial charge in [0.2, 0.25) is 0 Å². The van der Waals surface area contributed by atoms with Crippen molar-refractivity contribution in [3.8, 4) is 46.0 Å². The second-order valence-corrected chi connectivity index (χ2v) is 20.1. The molecule has 0 aliphatic heterocycles. The molecule has 0 spiro atoms. The number of phenols is 8. The van der Waals surface area contributed by atoms with E-state index >= 15 is 0 Å². The number of phenolic OH excluding ortho intramolecular Hbond substituents is 8. The van der Waals surface area contributed by atoms with Gasteiger partial charge in [-0.1, -0.05) is 174 Å². The van der Waals surface area contributed by atoms with Crippen LogP contribution in [0.1, 0.15) is 118 Å². The van der Waals surface area contributed by atoms with Gasteiger partial charge in [-0.2, -0.15) is 0 Å². The lowest BCUT2D eigenvalue weighted by Gasteiger charge is -2.29. The molecule has 0 unspecified atom stereocenters. The zero-order valence-electron chi connectivity index (χ0n) is 43.2. The Morgan fingerprint density at radius 2 is 0.395 bits per heavy atom. The quantitative estimate of drug-likeness (QED) is 0.0640. The number of hydrogen-bond acceptors (Lipinski definition) is 12. The fourth-order valence-corrected chi connectivity index (χ4v) is 10.7. The van der Waals surface area contributed by atoms with E-state index in [0.717, 1.165) is 0 Å². The first-order valence-electron chi connectivity index (χ1n) is 26.0. The Balaban J connectivity index is 1.29. The fraction of sp³-hybridized carbons (Fsp3) is 0.250. The number of hydrogen-bond donors (Lipinski definition) is 12. The molecule has 9 rings (SSSR count). The predicted molar refractivity (Wildman–Crippen MR) is 301 cm³/mol. The zero-order valence-corrected chi connectivity index (χ0v) is 43.2.